The maximum absolute atomic E-state index is 15.2. The molecule has 13 bridgehead atoms. The molecular formula is C65H77N17O15S6. The summed E-state index contributed by atoms with van der Waals surface area (Å²) in [7, 11) is 0. The van der Waals surface area contributed by atoms with Crippen molar-refractivity contribution in [2.24, 2.45) is 21.6 Å². The van der Waals surface area contributed by atoms with Gasteiger partial charge in [0, 0.05) is 32.8 Å². The van der Waals surface area contributed by atoms with E-state index in [1.165, 1.54) is 76.7 Å². The van der Waals surface area contributed by atoms with Crippen LogP contribution in [-0.2, 0) is 39.0 Å². The molecule has 103 heavy (non-hydrogen) atoms. The van der Waals surface area contributed by atoms with E-state index in [1.54, 1.807) is 38.3 Å². The van der Waals surface area contributed by atoms with Gasteiger partial charge < -0.3 is 78.5 Å². The van der Waals surface area contributed by atoms with Gasteiger partial charge in [-0.3, -0.25) is 53.7 Å². The van der Waals surface area contributed by atoms with Crippen LogP contribution in [0.15, 0.2) is 67.7 Å². The van der Waals surface area contributed by atoms with Crippen LogP contribution in [0.5, 0.6) is 0 Å². The fourth-order valence-electron chi connectivity index (χ4n) is 11.6. The van der Waals surface area contributed by atoms with Gasteiger partial charge in [0.2, 0.25) is 29.5 Å². The van der Waals surface area contributed by atoms with E-state index in [0.29, 0.717) is 0 Å². The Balaban J connectivity index is 1.17. The number of nitrogens with two attached hydrogens (primary N) is 1. The number of pyridine rings is 1. The summed E-state index contributed by atoms with van der Waals surface area (Å²) in [5.74, 6) is -8.42. The van der Waals surface area contributed by atoms with Crippen molar-refractivity contribution in [3.63, 3.8) is 0 Å². The number of primary amides is 1. The number of fused-ring (bicyclic) bond motifs is 7. The normalized spacial score (nSPS) is 28.4. The molecule has 9 heterocycles. The molecule has 8 amide bonds. The smallest absolute Gasteiger partial charge is 0.357 e. The molecule has 10 rings (SSSR count). The zero-order valence-electron chi connectivity index (χ0n) is 57.1. The number of nitrogens with zero attached hydrogens (tertiary/aromatic N) is 7. The maximum Gasteiger partial charge on any atom is 0.357 e. The molecule has 0 unspecified atom stereocenters. The first kappa shape index (κ1) is 77.1. The Morgan fingerprint density at radius 2 is 1.50 bits per heavy atom. The van der Waals surface area contributed by atoms with Crippen molar-refractivity contribution < 1.29 is 73.4 Å². The summed E-state index contributed by atoms with van der Waals surface area (Å²) in [6.45, 7) is 18.3. The molecule has 0 saturated heterocycles. The monoisotopic (exact) mass is 1530 g/mol. The van der Waals surface area contributed by atoms with Crippen LogP contribution < -0.4 is 53.6 Å². The van der Waals surface area contributed by atoms with Gasteiger partial charge in [0.1, 0.15) is 118 Å². The largest absolute Gasteiger partial charge is 0.455 e. The molecule has 16 N–H and O–H groups in total. The summed E-state index contributed by atoms with van der Waals surface area (Å²) in [5, 5.41) is 89.3. The molecule has 32 nitrogen and oxygen atoms in total. The number of hydrogen-bond donors (Lipinski definition) is 15. The van der Waals surface area contributed by atoms with Crippen molar-refractivity contribution >= 4 is 144 Å². The minimum absolute atomic E-state index is 0.00683. The Labute approximate surface area is 615 Å². The van der Waals surface area contributed by atoms with E-state index in [-0.39, 0.29) is 105 Å². The summed E-state index contributed by atoms with van der Waals surface area (Å²) in [6, 6.07) is -10.6. The summed E-state index contributed by atoms with van der Waals surface area (Å²) < 4.78 is 6.32. The number of carbonyl (C=O) groups excluding carboxylic acids is 9. The van der Waals surface area contributed by atoms with Gasteiger partial charge in [-0.25, -0.2) is 29.7 Å². The number of carbonyl (C=O) groups is 9. The third-order valence-corrected chi connectivity index (χ3v) is 23.0. The van der Waals surface area contributed by atoms with Gasteiger partial charge >= 0.3 is 5.97 Å². The van der Waals surface area contributed by atoms with Gasteiger partial charge in [0.25, 0.3) is 17.7 Å². The van der Waals surface area contributed by atoms with Crippen LogP contribution in [0.2, 0.25) is 0 Å². The number of rotatable bonds is 7. The topological polar surface area (TPSA) is 487 Å². The lowest BCUT2D eigenvalue weighted by Gasteiger charge is -2.41. The number of aliphatic imine (C=N–C) groups is 2. The lowest BCUT2D eigenvalue weighted by atomic mass is 9.80. The molecule has 548 valence electrons. The van der Waals surface area contributed by atoms with Gasteiger partial charge in [-0.2, -0.15) is 0 Å². The summed E-state index contributed by atoms with van der Waals surface area (Å²) in [6.07, 6.45) is -2.76. The van der Waals surface area contributed by atoms with E-state index < -0.39 is 161 Å². The zero-order valence-corrected chi connectivity index (χ0v) is 62.0. The molecule has 1 aliphatic carbocycles. The third-order valence-electron chi connectivity index (χ3n) is 17.8. The Morgan fingerprint density at radius 3 is 2.17 bits per heavy atom. The lowest BCUT2D eigenvalue weighted by Crippen LogP contribution is -2.57. The second kappa shape index (κ2) is 31.4. The number of hydrogen-bond acceptors (Lipinski definition) is 29. The molecule has 0 saturated carbocycles. The number of aliphatic hydroxyl groups excluding tert-OH is 4. The lowest BCUT2D eigenvalue weighted by molar-refractivity contribution is -0.131. The summed E-state index contributed by atoms with van der Waals surface area (Å²) in [5.41, 5.74) is 1.28. The van der Waals surface area contributed by atoms with E-state index in [9.17, 15) is 63.9 Å². The first-order valence-corrected chi connectivity index (χ1v) is 37.4. The maximum atomic E-state index is 15.2. The van der Waals surface area contributed by atoms with Gasteiger partial charge in [0.15, 0.2) is 0 Å². The van der Waals surface area contributed by atoms with Crippen LogP contribution in [-0.4, -0.2) is 185 Å². The Kier molecular flexibility index (Phi) is 23.5. The number of thiazole rings is 4. The minimum Gasteiger partial charge on any atom is -0.455 e. The minimum atomic E-state index is -2.10. The number of thioether (sulfide) groups is 1. The predicted molar refractivity (Wildman–Crippen MR) is 386 cm³/mol. The van der Waals surface area contributed by atoms with Crippen LogP contribution in [0.3, 0.4) is 0 Å². The number of esters is 1. The van der Waals surface area contributed by atoms with Crippen molar-refractivity contribution in [2.45, 2.75) is 178 Å². The highest BCUT2D eigenvalue weighted by atomic mass is 32.2. The van der Waals surface area contributed by atoms with Crippen LogP contribution in [0.4, 0.5) is 0 Å². The van der Waals surface area contributed by atoms with Gasteiger partial charge in [-0.05, 0) is 85.8 Å². The predicted octanol–water partition coefficient (Wildman–Crippen LogP) is 1.66. The highest BCUT2D eigenvalue weighted by molar-refractivity contribution is 8.14. The van der Waals surface area contributed by atoms with E-state index >= 15 is 4.79 Å². The molecular weight excluding hydrogens is 1450 g/mol. The standard InChI is InChI=1S/C65H77N17O15S6/c1-12-33-58-76-39(20-100-58)54(92)81-48(64(11,96)30(10)85)61-77-41(22-102-61)57(98)80-44-29(9)97-62(95)36-17-32(27(7)83)31-13-14-34(46(86)45(31)71-36)70-42(23(2)3)55(93)69-25(5)51(89)67-24(4)50(88)68-26(6)52(90)82-65(63-78-40(21-103-63)53(91)79-43(28(8)84)56(94)73-33)16-15-35(59-75-38(19-99-59)49(66)87)72-47(65)37-18-101-60(44)74-37/h12-14,17-19,21-23,25-30,34,39,42-44,46-48,70,83-86,96H,4,15-16,20H2,1-3,5-11H3,(H2,66,87)(H,67,89)(H,68,88)(H,69,93)(H,73,94)(H,79,91)(H,80,98)(H,81,92)(H,82,90)/t25-,26-,27+,28-,29-,30-,34+,39-,42-,43-,44+,46-,47+,48+,64-,65+/m0/s1. The number of nitrogens with one attached hydrogen (secondary N) is 9. The van der Waals surface area contributed by atoms with Crippen LogP contribution in [0, 0.1) is 5.92 Å². The number of amides is 8. The van der Waals surface area contributed by atoms with Gasteiger partial charge in [-0.15, -0.1) is 57.1 Å². The first-order chi connectivity index (χ1) is 48.6. The fraction of sp³-hybridized carbons (Fsp3) is 0.462. The first-order valence-electron chi connectivity index (χ1n) is 32.5. The molecule has 0 aromatic carbocycles. The third kappa shape index (κ3) is 16.4. The van der Waals surface area contributed by atoms with Crippen LogP contribution in [0.25, 0.3) is 6.08 Å². The van der Waals surface area contributed by atoms with Gasteiger partial charge in [0.05, 0.1) is 58.9 Å². The molecule has 5 aromatic heterocycles. The molecule has 5 aliphatic rings. The molecule has 0 radical (unpaired) electrons. The van der Waals surface area contributed by atoms with Crippen molar-refractivity contribution in [1.29, 1.82) is 0 Å². The average molecular weight is 1530 g/mol. The highest BCUT2D eigenvalue weighted by Crippen LogP contribution is 2.48. The SMILES string of the molecule is C=C1NC(=O)[C@H](C)NC(=O)[C@H](C(C)C)N[C@@H]2C=Cc3c([C@@H](C)O)cc(nc3[C@H]2O)C(=O)O[C@@H](C)[C@H]2NC(=S)c3csc(n3)[C@H]([C@@](C)(O)[C@H](C)O)NC(=O)[C@@H]3CSC(=N3)C(=CC)NC(=O)[C@H]([C@H](C)O)NC(=O)c3csc(n3)[C@]3(CCC(c4nc(C(N)=O)cs4)=N[C@@H]3c3csc2n3)NC(=O)[C@H](C)NC1=O. The van der Waals surface area contributed by atoms with Crippen molar-refractivity contribution in [1.82, 2.24) is 72.8 Å². The molecule has 4 aliphatic heterocycles. The van der Waals surface area contributed by atoms with E-state index in [0.717, 1.165) is 57.1 Å². The number of aliphatic hydroxyl groups is 5. The van der Waals surface area contributed by atoms with E-state index in [1.807, 2.05) is 0 Å². The van der Waals surface area contributed by atoms with Crippen molar-refractivity contribution in [3.8, 4) is 0 Å². The number of allylic oxidation sites excluding steroid dienone is 1. The second-order valence-electron chi connectivity index (χ2n) is 25.8. The number of cyclic esters (lactones) is 1. The molecule has 5 aromatic rings. The summed E-state index contributed by atoms with van der Waals surface area (Å²) in [4.78, 5) is 162. The second-order valence-corrected chi connectivity index (χ2v) is 30.7. The number of ether oxygens (including phenoxy) is 1. The fourth-order valence-corrected chi connectivity index (χ4v) is 16.8. The van der Waals surface area contributed by atoms with Crippen LogP contribution >= 0.6 is 69.3 Å². The Bertz CT molecular complexity index is 4370. The molecule has 0 spiro atoms. The number of thiocarbonyl (C=S) groups is 1. The molecule has 38 heteroatoms. The van der Waals surface area contributed by atoms with Crippen molar-refractivity contribution in [2.75, 3.05) is 5.75 Å². The van der Waals surface area contributed by atoms with E-state index in [4.69, 9.17) is 42.6 Å². The molecule has 16 atom stereocenters. The number of aromatic nitrogens is 5. The van der Waals surface area contributed by atoms with Crippen LogP contribution in [0.1, 0.15) is 192 Å². The average Bonchev–Trinajstić information content (AvgIpc) is 1.71. The Morgan fingerprint density at radius 1 is 0.786 bits per heavy atom. The quantitative estimate of drug-likeness (QED) is 0.0626. The van der Waals surface area contributed by atoms with E-state index in [2.05, 4.69) is 69.4 Å². The summed E-state index contributed by atoms with van der Waals surface area (Å²) >= 11 is 11.1. The Hall–Kier alpha value is -8.54. The zero-order chi connectivity index (χ0) is 75.0. The highest BCUT2D eigenvalue weighted by Gasteiger charge is 2.51. The van der Waals surface area contributed by atoms with Crippen molar-refractivity contribution in [3.05, 3.63) is 123 Å². The van der Waals surface area contributed by atoms with Gasteiger partial charge in [-0.1, -0.05) is 50.9 Å². The molecule has 0 fully saturated rings.